The monoisotopic (exact) mass is 496 g/mol. The highest BCUT2D eigenvalue weighted by Gasteiger charge is 2.27. The Hall–Kier alpha value is -3.23. The molecule has 0 bridgehead atoms. The van der Waals surface area contributed by atoms with Crippen molar-refractivity contribution < 1.29 is 4.79 Å². The van der Waals surface area contributed by atoms with Crippen molar-refractivity contribution in [3.63, 3.8) is 0 Å². The van der Waals surface area contributed by atoms with Gasteiger partial charge in [0, 0.05) is 34.6 Å². The van der Waals surface area contributed by atoms with Gasteiger partial charge in [0.2, 0.25) is 0 Å². The zero-order valence-electron chi connectivity index (χ0n) is 18.5. The van der Waals surface area contributed by atoms with Gasteiger partial charge in [-0.3, -0.25) is 9.59 Å². The standard InChI is InChI=1S/C24H22Cl2N6O2/c1-14-3-2-4-16(11-14)24(34)31-9-7-15(8-10-31)21-27-22-20(23(33)28-21)29-30-32(22)13-17-5-6-18(25)12-19(17)26/h2-6,11-12,15H,7-10,13H2,1H3,(H,27,28,33). The summed E-state index contributed by atoms with van der Waals surface area (Å²) >= 11 is 12.3. The normalized spacial score (nSPS) is 14.6. The summed E-state index contributed by atoms with van der Waals surface area (Å²) < 4.78 is 1.57. The Balaban J connectivity index is 1.36. The first kappa shape index (κ1) is 22.6. The van der Waals surface area contributed by atoms with Crippen molar-refractivity contribution >= 4 is 40.3 Å². The van der Waals surface area contributed by atoms with Crippen molar-refractivity contribution in [2.45, 2.75) is 32.2 Å². The number of carbonyl (C=O) groups is 1. The number of likely N-dealkylation sites (tertiary alicyclic amines) is 1. The number of benzene rings is 2. The number of rotatable bonds is 4. The Morgan fingerprint density at radius 1 is 1.15 bits per heavy atom. The van der Waals surface area contributed by atoms with Crippen LogP contribution in [0.2, 0.25) is 10.0 Å². The number of hydrogen-bond acceptors (Lipinski definition) is 5. The van der Waals surface area contributed by atoms with Crippen molar-refractivity contribution in [1.82, 2.24) is 29.9 Å². The van der Waals surface area contributed by atoms with Crippen LogP contribution in [0.15, 0.2) is 47.3 Å². The van der Waals surface area contributed by atoms with E-state index in [0.717, 1.165) is 11.1 Å². The second-order valence-corrected chi connectivity index (χ2v) is 9.39. The van der Waals surface area contributed by atoms with Crippen molar-refractivity contribution in [2.24, 2.45) is 0 Å². The van der Waals surface area contributed by atoms with E-state index in [1.54, 1.807) is 16.8 Å². The minimum atomic E-state index is -0.327. The third kappa shape index (κ3) is 4.43. The maximum atomic E-state index is 12.9. The summed E-state index contributed by atoms with van der Waals surface area (Å²) in [6, 6.07) is 12.8. The van der Waals surface area contributed by atoms with Gasteiger partial charge in [-0.25, -0.2) is 9.67 Å². The van der Waals surface area contributed by atoms with Gasteiger partial charge in [-0.05, 0) is 49.6 Å². The van der Waals surface area contributed by atoms with E-state index in [9.17, 15) is 9.59 Å². The summed E-state index contributed by atoms with van der Waals surface area (Å²) in [5, 5.41) is 9.17. The van der Waals surface area contributed by atoms with Crippen LogP contribution in [0.4, 0.5) is 0 Å². The van der Waals surface area contributed by atoms with Crippen molar-refractivity contribution in [1.29, 1.82) is 0 Å². The molecule has 1 saturated heterocycles. The Labute approximate surface area is 205 Å². The van der Waals surface area contributed by atoms with Crippen molar-refractivity contribution in [3.8, 4) is 0 Å². The molecule has 1 aliphatic heterocycles. The quantitative estimate of drug-likeness (QED) is 0.456. The number of carbonyl (C=O) groups excluding carboxylic acids is 1. The number of nitrogens with zero attached hydrogens (tertiary/aromatic N) is 5. The molecule has 0 atom stereocenters. The van der Waals surface area contributed by atoms with Gasteiger partial charge in [-0.15, -0.1) is 5.10 Å². The van der Waals surface area contributed by atoms with Gasteiger partial charge in [-0.2, -0.15) is 0 Å². The van der Waals surface area contributed by atoms with Crippen molar-refractivity contribution in [3.05, 3.63) is 85.4 Å². The number of nitrogens with one attached hydrogen (secondary N) is 1. The summed E-state index contributed by atoms with van der Waals surface area (Å²) in [5.74, 6) is 0.646. The molecule has 1 N–H and O–H groups in total. The number of amides is 1. The molecule has 0 spiro atoms. The molecule has 2 aromatic heterocycles. The van der Waals surface area contributed by atoms with Crippen LogP contribution in [0.25, 0.3) is 11.2 Å². The lowest BCUT2D eigenvalue weighted by molar-refractivity contribution is 0.0711. The molecule has 5 rings (SSSR count). The molecule has 0 saturated carbocycles. The lowest BCUT2D eigenvalue weighted by Gasteiger charge is -2.31. The number of halogens is 2. The van der Waals surface area contributed by atoms with E-state index in [2.05, 4.69) is 15.3 Å². The minimum absolute atomic E-state index is 0.0288. The first-order valence-electron chi connectivity index (χ1n) is 11.0. The van der Waals surface area contributed by atoms with Crippen LogP contribution in [0.3, 0.4) is 0 Å². The van der Waals surface area contributed by atoms with Gasteiger partial charge in [0.1, 0.15) is 5.82 Å². The van der Waals surface area contributed by atoms with E-state index in [4.69, 9.17) is 28.2 Å². The summed E-state index contributed by atoms with van der Waals surface area (Å²) in [7, 11) is 0. The van der Waals surface area contributed by atoms with Crippen LogP contribution < -0.4 is 5.56 Å². The molecular formula is C24H22Cl2N6O2. The topological polar surface area (TPSA) is 96.8 Å². The van der Waals surface area contributed by atoms with E-state index < -0.39 is 0 Å². The van der Waals surface area contributed by atoms with E-state index in [0.29, 0.717) is 59.6 Å². The number of fused-ring (bicyclic) bond motifs is 1. The molecule has 4 aromatic rings. The van der Waals surface area contributed by atoms with Crippen LogP contribution >= 0.6 is 23.2 Å². The number of aryl methyl sites for hydroxylation is 1. The van der Waals surface area contributed by atoms with Crippen LogP contribution in [0.1, 0.15) is 46.1 Å². The molecule has 1 fully saturated rings. The first-order valence-corrected chi connectivity index (χ1v) is 11.8. The summed E-state index contributed by atoms with van der Waals surface area (Å²) in [6.45, 7) is 3.47. The van der Waals surface area contributed by atoms with Gasteiger partial charge in [0.15, 0.2) is 11.2 Å². The van der Waals surface area contributed by atoms with Gasteiger partial charge in [0.25, 0.3) is 11.5 Å². The molecule has 10 heteroatoms. The fourth-order valence-corrected chi connectivity index (χ4v) is 4.78. The lowest BCUT2D eigenvalue weighted by Crippen LogP contribution is -2.38. The SMILES string of the molecule is Cc1cccc(C(=O)N2CCC(c3nc4c(nnn4Cc4ccc(Cl)cc4Cl)c(=O)[nH]3)CC2)c1. The number of piperidine rings is 1. The van der Waals surface area contributed by atoms with Crippen LogP contribution in [-0.4, -0.2) is 48.9 Å². The van der Waals surface area contributed by atoms with E-state index in [1.165, 1.54) is 0 Å². The average molecular weight is 497 g/mol. The van der Waals surface area contributed by atoms with E-state index in [1.807, 2.05) is 42.2 Å². The molecule has 0 unspecified atom stereocenters. The average Bonchev–Trinajstić information content (AvgIpc) is 3.24. The fraction of sp³-hybridized carbons (Fsp3) is 0.292. The molecule has 2 aromatic carbocycles. The number of aromatic amines is 1. The minimum Gasteiger partial charge on any atom is -0.339 e. The smallest absolute Gasteiger partial charge is 0.281 e. The zero-order valence-corrected chi connectivity index (χ0v) is 20.0. The van der Waals surface area contributed by atoms with Crippen LogP contribution in [0, 0.1) is 6.92 Å². The predicted octanol–water partition coefficient (Wildman–Crippen LogP) is 4.20. The van der Waals surface area contributed by atoms with Crippen molar-refractivity contribution in [2.75, 3.05) is 13.1 Å². The Morgan fingerprint density at radius 3 is 2.68 bits per heavy atom. The maximum absolute atomic E-state index is 12.9. The van der Waals surface area contributed by atoms with Gasteiger partial charge >= 0.3 is 0 Å². The Morgan fingerprint density at radius 2 is 1.94 bits per heavy atom. The van der Waals surface area contributed by atoms with Crippen LogP contribution in [-0.2, 0) is 6.54 Å². The molecule has 174 valence electrons. The number of aromatic nitrogens is 5. The molecule has 0 radical (unpaired) electrons. The number of H-pyrrole nitrogens is 1. The largest absolute Gasteiger partial charge is 0.339 e. The van der Waals surface area contributed by atoms with Gasteiger partial charge < -0.3 is 9.88 Å². The van der Waals surface area contributed by atoms with Gasteiger partial charge in [0.05, 0.1) is 6.54 Å². The van der Waals surface area contributed by atoms with E-state index in [-0.39, 0.29) is 22.9 Å². The fourth-order valence-electron chi connectivity index (χ4n) is 4.31. The number of hydrogen-bond donors (Lipinski definition) is 1. The molecular weight excluding hydrogens is 475 g/mol. The second kappa shape index (κ2) is 9.19. The van der Waals surface area contributed by atoms with E-state index >= 15 is 0 Å². The lowest BCUT2D eigenvalue weighted by atomic mass is 9.95. The Kier molecular flexibility index (Phi) is 6.10. The third-order valence-electron chi connectivity index (χ3n) is 6.16. The predicted molar refractivity (Wildman–Crippen MR) is 131 cm³/mol. The molecule has 8 nitrogen and oxygen atoms in total. The molecule has 3 heterocycles. The third-order valence-corrected chi connectivity index (χ3v) is 6.75. The van der Waals surface area contributed by atoms with Crippen LogP contribution in [0.5, 0.6) is 0 Å². The molecule has 1 amide bonds. The molecule has 1 aliphatic rings. The summed E-state index contributed by atoms with van der Waals surface area (Å²) in [6.07, 6.45) is 1.41. The zero-order chi connectivity index (χ0) is 23.8. The first-order chi connectivity index (χ1) is 16.4. The summed E-state index contributed by atoms with van der Waals surface area (Å²) in [4.78, 5) is 35.0. The highest BCUT2D eigenvalue weighted by atomic mass is 35.5. The Bertz CT molecular complexity index is 1440. The molecule has 34 heavy (non-hydrogen) atoms. The summed E-state index contributed by atoms with van der Waals surface area (Å²) in [5.41, 5.74) is 2.81. The second-order valence-electron chi connectivity index (χ2n) is 8.54. The molecule has 0 aliphatic carbocycles. The highest BCUT2D eigenvalue weighted by molar-refractivity contribution is 6.35. The maximum Gasteiger partial charge on any atom is 0.281 e. The highest BCUT2D eigenvalue weighted by Crippen LogP contribution is 2.27. The van der Waals surface area contributed by atoms with Gasteiger partial charge in [-0.1, -0.05) is 52.2 Å².